The van der Waals surface area contributed by atoms with Gasteiger partial charge in [0.15, 0.2) is 0 Å². The second-order valence-corrected chi connectivity index (χ2v) is 7.67. The van der Waals surface area contributed by atoms with E-state index in [1.807, 2.05) is 0 Å². The number of nitrogens with zero attached hydrogens (tertiary/aromatic N) is 3. The number of carbonyl (C=O) groups is 3. The largest absolute Gasteiger partial charge is 0.341 e. The van der Waals surface area contributed by atoms with E-state index >= 15 is 0 Å². The van der Waals surface area contributed by atoms with Crippen LogP contribution < -0.4 is 0 Å². The van der Waals surface area contributed by atoms with E-state index in [0.717, 1.165) is 29.5 Å². The van der Waals surface area contributed by atoms with Crippen LogP contribution in [0.3, 0.4) is 0 Å². The zero-order valence-electron chi connectivity index (χ0n) is 14.8. The van der Waals surface area contributed by atoms with E-state index in [1.165, 1.54) is 30.3 Å². The lowest BCUT2D eigenvalue weighted by atomic mass is 9.99. The average Bonchev–Trinajstić information content (AvgIpc) is 2.90. The van der Waals surface area contributed by atoms with Gasteiger partial charge in [0.25, 0.3) is 16.8 Å². The Kier molecular flexibility index (Phi) is 5.59. The standard InChI is InChI=1S/C18H19N3O5S/c1-12-6-8-19(9-7-12)16(22)11-20-17(23)15(27-18(20)24)10-13-2-4-14(5-3-13)21(25)26/h2-5,10,12H,6-9,11H2,1H3/b15-10+. The minimum absolute atomic E-state index is 0.0540. The number of nitro benzene ring substituents is 1. The predicted molar refractivity (Wildman–Crippen MR) is 101 cm³/mol. The zero-order valence-corrected chi connectivity index (χ0v) is 15.6. The van der Waals surface area contributed by atoms with Crippen LogP contribution in [0.1, 0.15) is 25.3 Å². The first-order chi connectivity index (χ1) is 12.8. The first kappa shape index (κ1) is 19.1. The molecule has 0 spiro atoms. The maximum atomic E-state index is 12.5. The van der Waals surface area contributed by atoms with Gasteiger partial charge < -0.3 is 4.90 Å². The highest BCUT2D eigenvalue weighted by atomic mass is 32.2. The fraction of sp³-hybridized carbons (Fsp3) is 0.389. The van der Waals surface area contributed by atoms with Crippen LogP contribution in [0.25, 0.3) is 6.08 Å². The maximum absolute atomic E-state index is 12.5. The van der Waals surface area contributed by atoms with Crippen LogP contribution in [-0.4, -0.2) is 51.4 Å². The summed E-state index contributed by atoms with van der Waals surface area (Å²) in [5, 5.41) is 10.2. The van der Waals surface area contributed by atoms with Gasteiger partial charge in [-0.25, -0.2) is 0 Å². The molecule has 8 nitrogen and oxygen atoms in total. The summed E-state index contributed by atoms with van der Waals surface area (Å²) >= 11 is 0.770. The number of likely N-dealkylation sites (tertiary alicyclic amines) is 1. The first-order valence-electron chi connectivity index (χ1n) is 8.62. The van der Waals surface area contributed by atoms with Gasteiger partial charge in [-0.2, -0.15) is 0 Å². The summed E-state index contributed by atoms with van der Waals surface area (Å²) in [7, 11) is 0. The van der Waals surface area contributed by atoms with Crippen molar-refractivity contribution in [3.63, 3.8) is 0 Å². The van der Waals surface area contributed by atoms with Crippen LogP contribution in [0.5, 0.6) is 0 Å². The Morgan fingerprint density at radius 2 is 1.89 bits per heavy atom. The van der Waals surface area contributed by atoms with E-state index in [2.05, 4.69) is 6.92 Å². The number of hydrogen-bond acceptors (Lipinski definition) is 6. The Morgan fingerprint density at radius 1 is 1.26 bits per heavy atom. The number of carbonyl (C=O) groups excluding carboxylic acids is 3. The molecule has 0 saturated carbocycles. The van der Waals surface area contributed by atoms with Gasteiger partial charge in [-0.3, -0.25) is 29.4 Å². The molecule has 142 valence electrons. The second-order valence-electron chi connectivity index (χ2n) is 6.68. The molecule has 0 aliphatic carbocycles. The molecule has 2 aliphatic rings. The third-order valence-electron chi connectivity index (χ3n) is 4.70. The van der Waals surface area contributed by atoms with Crippen molar-refractivity contribution < 1.29 is 19.3 Å². The van der Waals surface area contributed by atoms with Crippen molar-refractivity contribution in [1.29, 1.82) is 0 Å². The molecule has 0 aromatic heterocycles. The molecule has 1 aromatic carbocycles. The normalized spacial score (nSPS) is 19.8. The van der Waals surface area contributed by atoms with E-state index in [-0.39, 0.29) is 23.0 Å². The summed E-state index contributed by atoms with van der Waals surface area (Å²) in [5.41, 5.74) is 0.518. The van der Waals surface area contributed by atoms with Crippen molar-refractivity contribution in [3.8, 4) is 0 Å². The van der Waals surface area contributed by atoms with Crippen molar-refractivity contribution in [2.24, 2.45) is 5.92 Å². The minimum atomic E-state index is -0.512. The van der Waals surface area contributed by atoms with Gasteiger partial charge in [0.05, 0.1) is 9.83 Å². The van der Waals surface area contributed by atoms with Crippen LogP contribution in [0.15, 0.2) is 29.2 Å². The molecular formula is C18H19N3O5S. The van der Waals surface area contributed by atoms with E-state index in [9.17, 15) is 24.5 Å². The summed E-state index contributed by atoms with van der Waals surface area (Å²) in [6.07, 6.45) is 3.35. The summed E-state index contributed by atoms with van der Waals surface area (Å²) < 4.78 is 0. The number of rotatable bonds is 4. The highest BCUT2D eigenvalue weighted by Gasteiger charge is 2.37. The fourth-order valence-electron chi connectivity index (χ4n) is 2.97. The Balaban J connectivity index is 1.67. The smallest absolute Gasteiger partial charge is 0.294 e. The van der Waals surface area contributed by atoms with E-state index in [1.54, 1.807) is 4.90 Å². The molecule has 1 aromatic rings. The summed E-state index contributed by atoms with van der Waals surface area (Å²) in [5.74, 6) is -0.154. The molecular weight excluding hydrogens is 370 g/mol. The third-order valence-corrected chi connectivity index (χ3v) is 5.61. The predicted octanol–water partition coefficient (Wildman–Crippen LogP) is 2.89. The number of piperidine rings is 1. The second kappa shape index (κ2) is 7.91. The SMILES string of the molecule is CC1CCN(C(=O)CN2C(=O)S/C(=C/c3ccc([N+](=O)[O-])cc3)C2=O)CC1. The Morgan fingerprint density at radius 3 is 2.48 bits per heavy atom. The molecule has 2 saturated heterocycles. The van der Waals surface area contributed by atoms with Crippen LogP contribution in [-0.2, 0) is 9.59 Å². The van der Waals surface area contributed by atoms with Crippen molar-refractivity contribution in [2.75, 3.05) is 19.6 Å². The Labute approximate surface area is 160 Å². The molecule has 0 bridgehead atoms. The van der Waals surface area contributed by atoms with Crippen molar-refractivity contribution in [1.82, 2.24) is 9.80 Å². The zero-order chi connectivity index (χ0) is 19.6. The molecule has 0 N–H and O–H groups in total. The van der Waals surface area contributed by atoms with E-state index in [0.29, 0.717) is 24.6 Å². The quantitative estimate of drug-likeness (QED) is 0.446. The number of imide groups is 1. The molecule has 27 heavy (non-hydrogen) atoms. The Bertz CT molecular complexity index is 813. The molecule has 9 heteroatoms. The summed E-state index contributed by atoms with van der Waals surface area (Å²) in [6, 6.07) is 5.67. The van der Waals surface area contributed by atoms with Crippen LogP contribution in [0.4, 0.5) is 10.5 Å². The lowest BCUT2D eigenvalue weighted by molar-refractivity contribution is -0.384. The molecule has 0 unspecified atom stereocenters. The van der Waals surface area contributed by atoms with Gasteiger partial charge in [0, 0.05) is 25.2 Å². The summed E-state index contributed by atoms with van der Waals surface area (Å²) in [6.45, 7) is 3.18. The van der Waals surface area contributed by atoms with Crippen molar-refractivity contribution in [2.45, 2.75) is 19.8 Å². The van der Waals surface area contributed by atoms with Crippen LogP contribution in [0.2, 0.25) is 0 Å². The van der Waals surface area contributed by atoms with E-state index < -0.39 is 16.1 Å². The maximum Gasteiger partial charge on any atom is 0.294 e. The lowest BCUT2D eigenvalue weighted by Crippen LogP contribution is -2.45. The first-order valence-corrected chi connectivity index (χ1v) is 9.44. The van der Waals surface area contributed by atoms with Crippen LogP contribution in [0, 0.1) is 16.0 Å². The highest BCUT2D eigenvalue weighted by molar-refractivity contribution is 8.18. The van der Waals surface area contributed by atoms with Gasteiger partial charge >= 0.3 is 0 Å². The number of hydrogen-bond donors (Lipinski definition) is 0. The van der Waals surface area contributed by atoms with Gasteiger partial charge in [-0.05, 0) is 54.3 Å². The minimum Gasteiger partial charge on any atom is -0.341 e. The summed E-state index contributed by atoms with van der Waals surface area (Å²) in [4.78, 5) is 50.1. The third kappa shape index (κ3) is 4.36. The number of nitro groups is 1. The van der Waals surface area contributed by atoms with Gasteiger partial charge in [-0.1, -0.05) is 6.92 Å². The molecule has 0 radical (unpaired) electrons. The van der Waals surface area contributed by atoms with Crippen molar-refractivity contribution in [3.05, 3.63) is 44.8 Å². The number of amides is 3. The van der Waals surface area contributed by atoms with Crippen molar-refractivity contribution >= 4 is 40.6 Å². The van der Waals surface area contributed by atoms with Gasteiger partial charge in [-0.15, -0.1) is 0 Å². The van der Waals surface area contributed by atoms with Crippen LogP contribution >= 0.6 is 11.8 Å². The Hall–Kier alpha value is -2.68. The molecule has 0 atom stereocenters. The topological polar surface area (TPSA) is 101 Å². The molecule has 2 aliphatic heterocycles. The number of non-ortho nitro benzene ring substituents is 1. The number of thioether (sulfide) groups is 1. The van der Waals surface area contributed by atoms with E-state index in [4.69, 9.17) is 0 Å². The van der Waals surface area contributed by atoms with Gasteiger partial charge in [0.2, 0.25) is 5.91 Å². The molecule has 3 rings (SSSR count). The molecule has 3 amide bonds. The average molecular weight is 389 g/mol. The number of benzene rings is 1. The molecule has 2 heterocycles. The fourth-order valence-corrected chi connectivity index (χ4v) is 3.81. The highest BCUT2D eigenvalue weighted by Crippen LogP contribution is 2.32. The monoisotopic (exact) mass is 389 g/mol. The lowest BCUT2D eigenvalue weighted by Gasteiger charge is -2.31. The molecule has 2 fully saturated rings. The van der Waals surface area contributed by atoms with Gasteiger partial charge in [0.1, 0.15) is 6.54 Å².